The Labute approximate surface area is 163 Å². The van der Waals surface area contributed by atoms with Crippen LogP contribution in [-0.4, -0.2) is 39.2 Å². The lowest BCUT2D eigenvalue weighted by atomic mass is 10.1. The maximum Gasteiger partial charge on any atom is 0.276 e. The Bertz CT molecular complexity index is 812. The number of benzene rings is 2. The summed E-state index contributed by atoms with van der Waals surface area (Å²) in [6.07, 6.45) is 0. The second-order valence-electron chi connectivity index (χ2n) is 5.68. The largest absolute Gasteiger partial charge is 0.496 e. The summed E-state index contributed by atoms with van der Waals surface area (Å²) in [5.74, 6) is 0.961. The van der Waals surface area contributed by atoms with Crippen molar-refractivity contribution in [3.63, 3.8) is 0 Å². The van der Waals surface area contributed by atoms with E-state index in [4.69, 9.17) is 18.9 Å². The van der Waals surface area contributed by atoms with Crippen molar-refractivity contribution < 1.29 is 28.5 Å². The maximum atomic E-state index is 12.3. The number of hydrogen-bond donors (Lipinski definition) is 2. The molecule has 0 heterocycles. The average Bonchev–Trinajstić information content (AvgIpc) is 2.71. The summed E-state index contributed by atoms with van der Waals surface area (Å²) in [5.41, 5.74) is 5.69. The minimum atomic E-state index is -0.523. The maximum absolute atomic E-state index is 12.3. The zero-order chi connectivity index (χ0) is 20.5. The lowest BCUT2D eigenvalue weighted by Crippen LogP contribution is -2.43. The lowest BCUT2D eigenvalue weighted by Gasteiger charge is -2.14. The molecule has 0 radical (unpaired) electrons. The van der Waals surface area contributed by atoms with Crippen LogP contribution in [0.15, 0.2) is 36.4 Å². The van der Waals surface area contributed by atoms with Crippen LogP contribution in [0.5, 0.6) is 23.0 Å². The van der Waals surface area contributed by atoms with Gasteiger partial charge >= 0.3 is 0 Å². The van der Waals surface area contributed by atoms with Gasteiger partial charge in [0.05, 0.1) is 20.8 Å². The van der Waals surface area contributed by atoms with E-state index in [1.54, 1.807) is 30.3 Å². The molecule has 2 aromatic carbocycles. The number of amides is 2. The molecule has 0 aliphatic rings. The molecular weight excluding hydrogens is 364 g/mol. The van der Waals surface area contributed by atoms with Gasteiger partial charge in [-0.3, -0.25) is 20.4 Å². The van der Waals surface area contributed by atoms with E-state index in [9.17, 15) is 9.59 Å². The smallest absolute Gasteiger partial charge is 0.276 e. The molecule has 2 N–H and O–H groups in total. The third kappa shape index (κ3) is 5.29. The number of ether oxygens (including phenoxy) is 4. The minimum Gasteiger partial charge on any atom is -0.496 e. The van der Waals surface area contributed by atoms with Crippen LogP contribution in [0.1, 0.15) is 22.8 Å². The first-order chi connectivity index (χ1) is 13.5. The summed E-state index contributed by atoms with van der Waals surface area (Å²) < 4.78 is 21.4. The average molecular weight is 388 g/mol. The lowest BCUT2D eigenvalue weighted by molar-refractivity contribution is -0.123. The summed E-state index contributed by atoms with van der Waals surface area (Å²) in [6.45, 7) is 3.86. The first-order valence-electron chi connectivity index (χ1n) is 8.66. The van der Waals surface area contributed by atoms with Crippen LogP contribution in [0, 0.1) is 6.92 Å². The van der Waals surface area contributed by atoms with Crippen LogP contribution < -0.4 is 29.8 Å². The van der Waals surface area contributed by atoms with E-state index >= 15 is 0 Å². The van der Waals surface area contributed by atoms with Crippen LogP contribution in [-0.2, 0) is 4.79 Å². The van der Waals surface area contributed by atoms with Gasteiger partial charge < -0.3 is 18.9 Å². The van der Waals surface area contributed by atoms with Crippen molar-refractivity contribution in [3.05, 3.63) is 47.5 Å². The topological polar surface area (TPSA) is 95.1 Å². The van der Waals surface area contributed by atoms with Crippen molar-refractivity contribution in [3.8, 4) is 23.0 Å². The first-order valence-corrected chi connectivity index (χ1v) is 8.66. The van der Waals surface area contributed by atoms with E-state index in [2.05, 4.69) is 10.9 Å². The molecule has 0 saturated heterocycles. The Balaban J connectivity index is 1.93. The van der Waals surface area contributed by atoms with Crippen LogP contribution in [0.3, 0.4) is 0 Å². The summed E-state index contributed by atoms with van der Waals surface area (Å²) in [6, 6.07) is 10.2. The van der Waals surface area contributed by atoms with Gasteiger partial charge in [0, 0.05) is 11.1 Å². The van der Waals surface area contributed by atoms with Crippen LogP contribution >= 0.6 is 0 Å². The van der Waals surface area contributed by atoms with E-state index in [-0.39, 0.29) is 12.2 Å². The van der Waals surface area contributed by atoms with Crippen molar-refractivity contribution in [1.29, 1.82) is 0 Å². The zero-order valence-electron chi connectivity index (χ0n) is 16.3. The number of methoxy groups -OCH3 is 2. The highest BCUT2D eigenvalue weighted by atomic mass is 16.5. The third-order valence-electron chi connectivity index (χ3n) is 3.84. The standard InChI is InChI=1S/C20H24N2O6/c1-5-27-15-8-6-7-9-16(15)28-12-19(23)21-22-20(24)14-10-17(25-3)13(2)18(11-14)26-4/h6-11H,5,12H2,1-4H3,(H,21,23)(H,22,24). The van der Waals surface area contributed by atoms with Crippen molar-refractivity contribution in [2.45, 2.75) is 13.8 Å². The van der Waals surface area contributed by atoms with Gasteiger partial charge in [-0.1, -0.05) is 12.1 Å². The molecule has 0 aliphatic carbocycles. The second kappa shape index (κ2) is 10.1. The number of hydrazine groups is 1. The van der Waals surface area contributed by atoms with E-state index in [0.717, 1.165) is 5.56 Å². The van der Waals surface area contributed by atoms with E-state index in [1.807, 2.05) is 19.9 Å². The summed E-state index contributed by atoms with van der Waals surface area (Å²) in [7, 11) is 3.01. The Kier molecular flexibility index (Phi) is 7.50. The molecule has 150 valence electrons. The highest BCUT2D eigenvalue weighted by Gasteiger charge is 2.14. The SMILES string of the molecule is CCOc1ccccc1OCC(=O)NNC(=O)c1cc(OC)c(C)c(OC)c1. The molecule has 8 nitrogen and oxygen atoms in total. The minimum absolute atomic E-state index is 0.280. The van der Waals surface area contributed by atoms with Gasteiger partial charge in [0.2, 0.25) is 0 Å². The molecule has 2 aromatic rings. The number of carbonyl (C=O) groups is 2. The predicted octanol–water partition coefficient (Wildman–Crippen LogP) is 2.25. The van der Waals surface area contributed by atoms with E-state index < -0.39 is 11.8 Å². The highest BCUT2D eigenvalue weighted by Crippen LogP contribution is 2.29. The Morgan fingerprint density at radius 2 is 1.46 bits per heavy atom. The molecular formula is C20H24N2O6. The van der Waals surface area contributed by atoms with Crippen LogP contribution in [0.4, 0.5) is 0 Å². The summed E-state index contributed by atoms with van der Waals surface area (Å²) >= 11 is 0. The highest BCUT2D eigenvalue weighted by molar-refractivity contribution is 5.96. The van der Waals surface area contributed by atoms with Crippen molar-refractivity contribution in [2.75, 3.05) is 27.4 Å². The number of rotatable bonds is 8. The zero-order valence-corrected chi connectivity index (χ0v) is 16.3. The Morgan fingerprint density at radius 1 is 0.893 bits per heavy atom. The fraction of sp³-hybridized carbons (Fsp3) is 0.300. The number of hydrogen-bond acceptors (Lipinski definition) is 6. The monoisotopic (exact) mass is 388 g/mol. The van der Waals surface area contributed by atoms with Gasteiger partial charge in [0.25, 0.3) is 11.8 Å². The molecule has 8 heteroatoms. The molecule has 2 rings (SSSR count). The van der Waals surface area contributed by atoms with Crippen molar-refractivity contribution in [1.82, 2.24) is 10.9 Å². The molecule has 0 unspecified atom stereocenters. The number of carbonyl (C=O) groups excluding carboxylic acids is 2. The molecule has 0 bridgehead atoms. The van der Waals surface area contributed by atoms with Gasteiger partial charge in [0.1, 0.15) is 11.5 Å². The fourth-order valence-electron chi connectivity index (χ4n) is 2.44. The van der Waals surface area contributed by atoms with Crippen molar-refractivity contribution in [2.24, 2.45) is 0 Å². The molecule has 0 aromatic heterocycles. The molecule has 2 amide bonds. The number of para-hydroxylation sites is 2. The normalized spacial score (nSPS) is 10.0. The van der Waals surface area contributed by atoms with Gasteiger partial charge in [-0.15, -0.1) is 0 Å². The molecule has 28 heavy (non-hydrogen) atoms. The van der Waals surface area contributed by atoms with E-state index in [1.165, 1.54) is 14.2 Å². The van der Waals surface area contributed by atoms with Crippen LogP contribution in [0.2, 0.25) is 0 Å². The van der Waals surface area contributed by atoms with E-state index in [0.29, 0.717) is 29.6 Å². The Morgan fingerprint density at radius 3 is 2.00 bits per heavy atom. The fourth-order valence-corrected chi connectivity index (χ4v) is 2.44. The summed E-state index contributed by atoms with van der Waals surface area (Å²) in [4.78, 5) is 24.3. The molecule has 0 spiro atoms. The second-order valence-corrected chi connectivity index (χ2v) is 5.68. The molecule has 0 fully saturated rings. The quantitative estimate of drug-likeness (QED) is 0.674. The first kappa shape index (κ1) is 20.9. The van der Waals surface area contributed by atoms with Gasteiger partial charge in [-0.25, -0.2) is 0 Å². The van der Waals surface area contributed by atoms with Gasteiger partial charge in [-0.05, 0) is 38.1 Å². The predicted molar refractivity (Wildman–Crippen MR) is 103 cm³/mol. The van der Waals surface area contributed by atoms with Crippen LogP contribution in [0.25, 0.3) is 0 Å². The summed E-state index contributed by atoms with van der Waals surface area (Å²) in [5, 5.41) is 0. The van der Waals surface area contributed by atoms with Gasteiger partial charge in [-0.2, -0.15) is 0 Å². The number of nitrogens with one attached hydrogen (secondary N) is 2. The molecule has 0 atom stereocenters. The third-order valence-corrected chi connectivity index (χ3v) is 3.84. The molecule has 0 aliphatic heterocycles. The Hall–Kier alpha value is -3.42. The molecule has 0 saturated carbocycles. The van der Waals surface area contributed by atoms with Crippen molar-refractivity contribution >= 4 is 11.8 Å². The van der Waals surface area contributed by atoms with Gasteiger partial charge in [0.15, 0.2) is 18.1 Å².